The van der Waals surface area contributed by atoms with Gasteiger partial charge in [-0.1, -0.05) is 41.1 Å². The summed E-state index contributed by atoms with van der Waals surface area (Å²) in [6.45, 7) is 0. The zero-order valence-corrected chi connectivity index (χ0v) is 15.8. The zero-order chi connectivity index (χ0) is 18.8. The average Bonchev–Trinajstić information content (AvgIpc) is 3.09. The van der Waals surface area contributed by atoms with Crippen LogP contribution in [0.5, 0.6) is 5.75 Å². The molecule has 27 heavy (non-hydrogen) atoms. The summed E-state index contributed by atoms with van der Waals surface area (Å²) < 4.78 is 6.37. The van der Waals surface area contributed by atoms with E-state index in [0.717, 1.165) is 15.8 Å². The minimum Gasteiger partial charge on any atom is -0.496 e. The number of thiazole rings is 1. The van der Waals surface area contributed by atoms with Gasteiger partial charge in [-0.15, -0.1) is 0 Å². The van der Waals surface area contributed by atoms with Crippen molar-refractivity contribution < 1.29 is 9.53 Å². The predicted octanol–water partition coefficient (Wildman–Crippen LogP) is 5.27. The monoisotopic (exact) mass is 395 g/mol. The molecule has 2 aromatic carbocycles. The second-order valence-corrected chi connectivity index (χ2v) is 7.17. The summed E-state index contributed by atoms with van der Waals surface area (Å²) in [6.07, 6.45) is 3.25. The third-order valence-electron chi connectivity index (χ3n) is 4.03. The molecule has 0 atom stereocenters. The van der Waals surface area contributed by atoms with Gasteiger partial charge in [0, 0.05) is 28.5 Å². The van der Waals surface area contributed by atoms with Crippen molar-refractivity contribution in [3.8, 4) is 16.9 Å². The number of rotatable bonds is 4. The SMILES string of the molecule is COc1ccccc1-c1cnccc1C(=O)Nc1nc2cc(Cl)ccc2s1. The summed E-state index contributed by atoms with van der Waals surface area (Å²) >= 11 is 7.40. The van der Waals surface area contributed by atoms with Gasteiger partial charge in [0.05, 0.1) is 22.9 Å². The number of aromatic nitrogens is 2. The fourth-order valence-corrected chi connectivity index (χ4v) is 3.80. The van der Waals surface area contributed by atoms with Crippen molar-refractivity contribution in [1.29, 1.82) is 0 Å². The Balaban J connectivity index is 1.70. The Labute approximate surface area is 164 Å². The topological polar surface area (TPSA) is 64.1 Å². The van der Waals surface area contributed by atoms with Gasteiger partial charge in [-0.05, 0) is 30.3 Å². The third-order valence-corrected chi connectivity index (χ3v) is 5.22. The fourth-order valence-electron chi connectivity index (χ4n) is 2.79. The number of pyridine rings is 1. The van der Waals surface area contributed by atoms with E-state index in [1.807, 2.05) is 30.3 Å². The van der Waals surface area contributed by atoms with Gasteiger partial charge < -0.3 is 4.74 Å². The van der Waals surface area contributed by atoms with Crippen molar-refractivity contribution in [3.05, 3.63) is 71.5 Å². The number of fused-ring (bicyclic) bond motifs is 1. The van der Waals surface area contributed by atoms with E-state index in [9.17, 15) is 4.79 Å². The van der Waals surface area contributed by atoms with E-state index in [1.54, 1.807) is 37.7 Å². The molecule has 0 aliphatic rings. The molecule has 1 N–H and O–H groups in total. The minimum atomic E-state index is -0.261. The van der Waals surface area contributed by atoms with Crippen molar-refractivity contribution >= 4 is 44.2 Å². The summed E-state index contributed by atoms with van der Waals surface area (Å²) in [7, 11) is 1.60. The Morgan fingerprint density at radius 1 is 1.15 bits per heavy atom. The van der Waals surface area contributed by atoms with E-state index in [2.05, 4.69) is 15.3 Å². The van der Waals surface area contributed by atoms with E-state index in [-0.39, 0.29) is 5.91 Å². The molecule has 0 spiro atoms. The number of amides is 1. The van der Waals surface area contributed by atoms with Crippen LogP contribution in [0.1, 0.15) is 10.4 Å². The molecule has 5 nitrogen and oxygen atoms in total. The number of benzene rings is 2. The standard InChI is InChI=1S/C20H14ClN3O2S/c1-26-17-5-3-2-4-13(17)15-11-22-9-8-14(15)19(25)24-20-23-16-10-12(21)6-7-18(16)27-20/h2-11H,1H3,(H,23,24,25). The van der Waals surface area contributed by atoms with Crippen molar-refractivity contribution in [2.24, 2.45) is 0 Å². The lowest BCUT2D eigenvalue weighted by Crippen LogP contribution is -2.13. The summed E-state index contributed by atoms with van der Waals surface area (Å²) in [5.41, 5.74) is 2.74. The zero-order valence-electron chi connectivity index (χ0n) is 14.3. The van der Waals surface area contributed by atoms with E-state index < -0.39 is 0 Å². The maximum Gasteiger partial charge on any atom is 0.258 e. The highest BCUT2D eigenvalue weighted by molar-refractivity contribution is 7.22. The molecule has 4 rings (SSSR count). The summed E-state index contributed by atoms with van der Waals surface area (Å²) in [4.78, 5) is 21.5. The summed E-state index contributed by atoms with van der Waals surface area (Å²) in [6, 6.07) is 14.7. The number of halogens is 1. The summed E-state index contributed by atoms with van der Waals surface area (Å²) in [5, 5.41) is 3.99. The molecule has 1 amide bonds. The van der Waals surface area contributed by atoms with Crippen LogP contribution < -0.4 is 10.1 Å². The number of nitrogens with one attached hydrogen (secondary N) is 1. The van der Waals surface area contributed by atoms with Gasteiger partial charge in [0.25, 0.3) is 5.91 Å². The van der Waals surface area contributed by atoms with Crippen LogP contribution >= 0.6 is 22.9 Å². The van der Waals surface area contributed by atoms with Crippen LogP contribution in [0, 0.1) is 0 Å². The molecule has 2 heterocycles. The molecule has 0 saturated heterocycles. The van der Waals surface area contributed by atoms with Crippen LogP contribution in [-0.4, -0.2) is 23.0 Å². The normalized spacial score (nSPS) is 10.7. The second kappa shape index (κ2) is 7.34. The number of carbonyl (C=O) groups is 1. The first-order valence-corrected chi connectivity index (χ1v) is 9.30. The summed E-state index contributed by atoms with van der Waals surface area (Å²) in [5.74, 6) is 0.414. The Morgan fingerprint density at radius 2 is 2.00 bits per heavy atom. The predicted molar refractivity (Wildman–Crippen MR) is 109 cm³/mol. The number of hydrogen-bond donors (Lipinski definition) is 1. The van der Waals surface area contributed by atoms with Gasteiger partial charge in [0.1, 0.15) is 5.75 Å². The maximum absolute atomic E-state index is 12.9. The molecule has 7 heteroatoms. The van der Waals surface area contributed by atoms with Gasteiger partial charge >= 0.3 is 0 Å². The number of nitrogens with zero attached hydrogens (tertiary/aromatic N) is 2. The fraction of sp³-hybridized carbons (Fsp3) is 0.0500. The molecular weight excluding hydrogens is 382 g/mol. The van der Waals surface area contributed by atoms with Gasteiger partial charge in [0.15, 0.2) is 5.13 Å². The first kappa shape index (κ1) is 17.5. The van der Waals surface area contributed by atoms with Crippen LogP contribution in [0.4, 0.5) is 5.13 Å². The van der Waals surface area contributed by atoms with Crippen LogP contribution in [0.2, 0.25) is 5.02 Å². The molecule has 134 valence electrons. The number of para-hydroxylation sites is 1. The van der Waals surface area contributed by atoms with Crippen LogP contribution in [0.15, 0.2) is 60.9 Å². The Bertz CT molecular complexity index is 1140. The smallest absolute Gasteiger partial charge is 0.258 e. The highest BCUT2D eigenvalue weighted by atomic mass is 35.5. The van der Waals surface area contributed by atoms with E-state index in [0.29, 0.717) is 27.0 Å². The lowest BCUT2D eigenvalue weighted by molar-refractivity contribution is 0.102. The van der Waals surface area contributed by atoms with Gasteiger partial charge in [-0.3, -0.25) is 15.1 Å². The quantitative estimate of drug-likeness (QED) is 0.511. The molecular formula is C20H14ClN3O2S. The molecule has 0 aliphatic heterocycles. The lowest BCUT2D eigenvalue weighted by atomic mass is 10.0. The molecule has 0 radical (unpaired) electrons. The van der Waals surface area contributed by atoms with Gasteiger partial charge in [-0.2, -0.15) is 0 Å². The van der Waals surface area contributed by atoms with Crippen molar-refractivity contribution in [2.45, 2.75) is 0 Å². The Hall–Kier alpha value is -2.96. The number of hydrogen-bond acceptors (Lipinski definition) is 5. The van der Waals surface area contributed by atoms with Crippen LogP contribution in [0.3, 0.4) is 0 Å². The van der Waals surface area contributed by atoms with E-state index in [4.69, 9.17) is 16.3 Å². The van der Waals surface area contributed by atoms with Crippen molar-refractivity contribution in [3.63, 3.8) is 0 Å². The molecule has 0 saturated carbocycles. The van der Waals surface area contributed by atoms with Crippen LogP contribution in [-0.2, 0) is 0 Å². The third kappa shape index (κ3) is 3.49. The highest BCUT2D eigenvalue weighted by Gasteiger charge is 2.17. The largest absolute Gasteiger partial charge is 0.496 e. The molecule has 0 fully saturated rings. The number of anilines is 1. The second-order valence-electron chi connectivity index (χ2n) is 5.71. The lowest BCUT2D eigenvalue weighted by Gasteiger charge is -2.12. The maximum atomic E-state index is 12.9. The van der Waals surface area contributed by atoms with Crippen molar-refractivity contribution in [2.75, 3.05) is 12.4 Å². The molecule has 0 aliphatic carbocycles. The number of carbonyl (C=O) groups excluding carboxylic acids is 1. The first-order chi connectivity index (χ1) is 13.2. The molecule has 0 unspecified atom stereocenters. The minimum absolute atomic E-state index is 0.261. The number of methoxy groups -OCH3 is 1. The van der Waals surface area contributed by atoms with Gasteiger partial charge in [-0.25, -0.2) is 4.98 Å². The van der Waals surface area contributed by atoms with Crippen LogP contribution in [0.25, 0.3) is 21.3 Å². The molecule has 4 aromatic rings. The average molecular weight is 396 g/mol. The molecule has 0 bridgehead atoms. The van der Waals surface area contributed by atoms with E-state index >= 15 is 0 Å². The Kier molecular flexibility index (Phi) is 4.75. The highest BCUT2D eigenvalue weighted by Crippen LogP contribution is 2.33. The first-order valence-electron chi connectivity index (χ1n) is 8.10. The van der Waals surface area contributed by atoms with Crippen molar-refractivity contribution in [1.82, 2.24) is 9.97 Å². The molecule has 2 aromatic heterocycles. The van der Waals surface area contributed by atoms with E-state index in [1.165, 1.54) is 11.3 Å². The van der Waals surface area contributed by atoms with Gasteiger partial charge in [0.2, 0.25) is 0 Å². The number of ether oxygens (including phenoxy) is 1. The Morgan fingerprint density at radius 3 is 2.85 bits per heavy atom.